The van der Waals surface area contributed by atoms with Gasteiger partial charge in [-0.25, -0.2) is 0 Å². The highest BCUT2D eigenvalue weighted by Gasteiger charge is 2.29. The molecule has 2 atom stereocenters. The first-order chi connectivity index (χ1) is 9.10. The molecule has 0 radical (unpaired) electrons. The highest BCUT2D eigenvalue weighted by atomic mass is 16.6. The Balaban J connectivity index is 1.99. The molecule has 0 bridgehead atoms. The number of anilines is 1. The molecule has 1 amide bonds. The van der Waals surface area contributed by atoms with Crippen LogP contribution >= 0.6 is 0 Å². The van der Waals surface area contributed by atoms with E-state index in [0.29, 0.717) is 18.7 Å². The quantitative estimate of drug-likeness (QED) is 0.624. The van der Waals surface area contributed by atoms with E-state index in [1.54, 1.807) is 6.07 Å². The van der Waals surface area contributed by atoms with E-state index in [9.17, 15) is 14.9 Å². The molecule has 3 N–H and O–H groups in total. The van der Waals surface area contributed by atoms with Crippen molar-refractivity contribution in [1.82, 2.24) is 0 Å². The van der Waals surface area contributed by atoms with Gasteiger partial charge >= 0.3 is 0 Å². The molecule has 0 aromatic heterocycles. The third kappa shape index (κ3) is 3.27. The predicted molar refractivity (Wildman–Crippen MR) is 68.7 cm³/mol. The molecule has 1 aliphatic heterocycles. The third-order valence-electron chi connectivity index (χ3n) is 2.99. The van der Waals surface area contributed by atoms with Crippen LogP contribution < -0.4 is 11.1 Å². The lowest BCUT2D eigenvalue weighted by Gasteiger charge is -2.12. The molecule has 1 aromatic rings. The summed E-state index contributed by atoms with van der Waals surface area (Å²) in [5.74, 6) is -0.295. The molecule has 1 aromatic carbocycles. The van der Waals surface area contributed by atoms with Gasteiger partial charge in [0.2, 0.25) is 0 Å². The van der Waals surface area contributed by atoms with E-state index in [4.69, 9.17) is 10.5 Å². The molecule has 0 unspecified atom stereocenters. The van der Waals surface area contributed by atoms with Crippen molar-refractivity contribution in [3.63, 3.8) is 0 Å². The van der Waals surface area contributed by atoms with Crippen LogP contribution in [0.15, 0.2) is 24.3 Å². The normalized spacial score (nSPS) is 22.2. The van der Waals surface area contributed by atoms with Crippen molar-refractivity contribution in [3.8, 4) is 0 Å². The van der Waals surface area contributed by atoms with E-state index in [-0.39, 0.29) is 17.7 Å². The molecule has 1 heterocycles. The maximum atomic E-state index is 11.9. The number of nitro groups is 1. The summed E-state index contributed by atoms with van der Waals surface area (Å²) in [7, 11) is 0. The number of rotatable bonds is 4. The SMILES string of the molecule is NC[C@H]1CC[C@@H](C(=O)Nc2cccc([N+](=O)[O-])c2)O1. The van der Waals surface area contributed by atoms with Crippen LogP contribution in [-0.4, -0.2) is 29.6 Å². The number of nitro benzene ring substituents is 1. The van der Waals surface area contributed by atoms with Gasteiger partial charge in [0.25, 0.3) is 11.6 Å². The van der Waals surface area contributed by atoms with E-state index in [0.717, 1.165) is 6.42 Å². The van der Waals surface area contributed by atoms with Crippen LogP contribution in [0, 0.1) is 10.1 Å². The average Bonchev–Trinajstić information content (AvgIpc) is 2.88. The number of hydrogen-bond acceptors (Lipinski definition) is 5. The van der Waals surface area contributed by atoms with E-state index in [1.165, 1.54) is 18.2 Å². The van der Waals surface area contributed by atoms with Crippen molar-refractivity contribution < 1.29 is 14.5 Å². The molecule has 102 valence electrons. The minimum atomic E-state index is -0.534. The first-order valence-corrected chi connectivity index (χ1v) is 6.01. The average molecular weight is 265 g/mol. The molecule has 0 spiro atoms. The van der Waals surface area contributed by atoms with Gasteiger partial charge in [-0.1, -0.05) is 6.07 Å². The highest BCUT2D eigenvalue weighted by molar-refractivity contribution is 5.94. The molecule has 1 fully saturated rings. The molecule has 7 nitrogen and oxygen atoms in total. The van der Waals surface area contributed by atoms with E-state index >= 15 is 0 Å². The second-order valence-corrected chi connectivity index (χ2v) is 4.36. The molecule has 0 saturated carbocycles. The highest BCUT2D eigenvalue weighted by Crippen LogP contribution is 2.22. The fourth-order valence-electron chi connectivity index (χ4n) is 1.99. The predicted octanol–water partition coefficient (Wildman–Crippen LogP) is 1.04. The zero-order valence-corrected chi connectivity index (χ0v) is 10.2. The smallest absolute Gasteiger partial charge is 0.271 e. The topological polar surface area (TPSA) is 107 Å². The van der Waals surface area contributed by atoms with Gasteiger partial charge in [0.1, 0.15) is 6.10 Å². The first-order valence-electron chi connectivity index (χ1n) is 6.01. The van der Waals surface area contributed by atoms with Gasteiger partial charge in [-0.05, 0) is 18.9 Å². The van der Waals surface area contributed by atoms with Crippen molar-refractivity contribution in [2.24, 2.45) is 5.73 Å². The second kappa shape index (κ2) is 5.77. The lowest BCUT2D eigenvalue weighted by Crippen LogP contribution is -2.29. The molecule has 1 saturated heterocycles. The Morgan fingerprint density at radius 2 is 2.32 bits per heavy atom. The van der Waals surface area contributed by atoms with E-state index < -0.39 is 11.0 Å². The Morgan fingerprint density at radius 1 is 1.53 bits per heavy atom. The summed E-state index contributed by atoms with van der Waals surface area (Å²) in [6, 6.07) is 5.80. The third-order valence-corrected chi connectivity index (χ3v) is 2.99. The van der Waals surface area contributed by atoms with Gasteiger partial charge in [0.15, 0.2) is 0 Å². The Labute approximate surface area is 109 Å². The number of benzene rings is 1. The number of carbonyl (C=O) groups excluding carboxylic acids is 1. The summed E-state index contributed by atoms with van der Waals surface area (Å²) < 4.78 is 5.45. The second-order valence-electron chi connectivity index (χ2n) is 4.36. The van der Waals surface area contributed by atoms with Gasteiger partial charge < -0.3 is 15.8 Å². The molecular formula is C12H15N3O4. The molecule has 19 heavy (non-hydrogen) atoms. The van der Waals surface area contributed by atoms with Gasteiger partial charge in [-0.2, -0.15) is 0 Å². The van der Waals surface area contributed by atoms with Crippen molar-refractivity contribution in [2.45, 2.75) is 25.0 Å². The van der Waals surface area contributed by atoms with Gasteiger partial charge in [-0.3, -0.25) is 14.9 Å². The zero-order chi connectivity index (χ0) is 13.8. The molecular weight excluding hydrogens is 250 g/mol. The number of hydrogen-bond donors (Lipinski definition) is 2. The summed E-state index contributed by atoms with van der Waals surface area (Å²) in [5, 5.41) is 13.2. The van der Waals surface area contributed by atoms with Crippen LogP contribution in [0.2, 0.25) is 0 Å². The Kier molecular flexibility index (Phi) is 4.08. The number of nitrogens with one attached hydrogen (secondary N) is 1. The summed E-state index contributed by atoms with van der Waals surface area (Å²) in [5.41, 5.74) is 5.79. The fourth-order valence-corrected chi connectivity index (χ4v) is 1.99. The monoisotopic (exact) mass is 265 g/mol. The summed E-state index contributed by atoms with van der Waals surface area (Å²) in [6.07, 6.45) is 0.750. The summed E-state index contributed by atoms with van der Waals surface area (Å²) in [4.78, 5) is 22.0. The van der Waals surface area contributed by atoms with Crippen molar-refractivity contribution in [1.29, 1.82) is 0 Å². The molecule has 0 aliphatic carbocycles. The Hall–Kier alpha value is -1.99. The van der Waals surface area contributed by atoms with Gasteiger partial charge in [-0.15, -0.1) is 0 Å². The summed E-state index contributed by atoms with van der Waals surface area (Å²) >= 11 is 0. The van der Waals surface area contributed by atoms with Gasteiger partial charge in [0.05, 0.1) is 11.0 Å². The number of non-ortho nitro benzene ring substituents is 1. The largest absolute Gasteiger partial charge is 0.364 e. The number of carbonyl (C=O) groups is 1. The lowest BCUT2D eigenvalue weighted by atomic mass is 10.2. The van der Waals surface area contributed by atoms with Crippen LogP contribution in [-0.2, 0) is 9.53 Å². The number of nitrogens with zero attached hydrogens (tertiary/aromatic N) is 1. The van der Waals surface area contributed by atoms with Crippen LogP contribution in [0.1, 0.15) is 12.8 Å². The van der Waals surface area contributed by atoms with Crippen LogP contribution in [0.3, 0.4) is 0 Å². The minimum Gasteiger partial charge on any atom is -0.364 e. The minimum absolute atomic E-state index is 0.0648. The molecule has 2 rings (SSSR count). The van der Waals surface area contributed by atoms with Crippen molar-refractivity contribution in [2.75, 3.05) is 11.9 Å². The number of nitrogens with two attached hydrogens (primary N) is 1. The van der Waals surface area contributed by atoms with Crippen LogP contribution in [0.5, 0.6) is 0 Å². The lowest BCUT2D eigenvalue weighted by molar-refractivity contribution is -0.384. The first kappa shape index (κ1) is 13.4. The fraction of sp³-hybridized carbons (Fsp3) is 0.417. The standard InChI is InChI=1S/C12H15N3O4/c13-7-10-4-5-11(19-10)12(16)14-8-2-1-3-9(6-8)15(17)18/h1-3,6,10-11H,4-5,7,13H2,(H,14,16)/t10-,11+/m1/s1. The van der Waals surface area contributed by atoms with Gasteiger partial charge in [0, 0.05) is 24.4 Å². The zero-order valence-electron chi connectivity index (χ0n) is 10.2. The van der Waals surface area contributed by atoms with Crippen LogP contribution in [0.4, 0.5) is 11.4 Å². The van der Waals surface area contributed by atoms with Crippen molar-refractivity contribution in [3.05, 3.63) is 34.4 Å². The maximum absolute atomic E-state index is 11.9. The van der Waals surface area contributed by atoms with Crippen LogP contribution in [0.25, 0.3) is 0 Å². The van der Waals surface area contributed by atoms with E-state index in [2.05, 4.69) is 5.32 Å². The van der Waals surface area contributed by atoms with E-state index in [1.807, 2.05) is 0 Å². The molecule has 7 heteroatoms. The Morgan fingerprint density at radius 3 is 2.95 bits per heavy atom. The number of ether oxygens (including phenoxy) is 1. The van der Waals surface area contributed by atoms with Crippen molar-refractivity contribution >= 4 is 17.3 Å². The maximum Gasteiger partial charge on any atom is 0.271 e. The Bertz CT molecular complexity index is 492. The molecule has 1 aliphatic rings. The summed E-state index contributed by atoms with van der Waals surface area (Å²) in [6.45, 7) is 0.389. The number of amides is 1.